The van der Waals surface area contributed by atoms with Gasteiger partial charge in [0.1, 0.15) is 5.82 Å². The molecule has 4 heteroatoms. The zero-order chi connectivity index (χ0) is 11.8. The zero-order valence-electron chi connectivity index (χ0n) is 9.21. The van der Waals surface area contributed by atoms with Gasteiger partial charge in [-0.15, -0.1) is 0 Å². The largest absolute Gasteiger partial charge is 0.389 e. The summed E-state index contributed by atoms with van der Waals surface area (Å²) in [6.07, 6.45) is 0.778. The van der Waals surface area contributed by atoms with E-state index in [4.69, 9.17) is 0 Å². The van der Waals surface area contributed by atoms with Crippen LogP contribution in [0.25, 0.3) is 0 Å². The van der Waals surface area contributed by atoms with Crippen molar-refractivity contribution in [1.29, 1.82) is 0 Å². The third kappa shape index (κ3) is 2.62. The van der Waals surface area contributed by atoms with Crippen LogP contribution in [0.15, 0.2) is 22.7 Å². The minimum Gasteiger partial charge on any atom is -0.389 e. The van der Waals surface area contributed by atoms with Crippen LogP contribution in [0.5, 0.6) is 0 Å². The van der Waals surface area contributed by atoms with E-state index < -0.39 is 5.60 Å². The first-order valence-electron chi connectivity index (χ1n) is 5.35. The van der Waals surface area contributed by atoms with Gasteiger partial charge in [0.2, 0.25) is 0 Å². The van der Waals surface area contributed by atoms with Gasteiger partial charge in [0.25, 0.3) is 0 Å². The van der Waals surface area contributed by atoms with Crippen LogP contribution >= 0.6 is 15.9 Å². The number of likely N-dealkylation sites (tertiary alicyclic amines) is 1. The van der Waals surface area contributed by atoms with Gasteiger partial charge in [-0.2, -0.15) is 0 Å². The number of hydrogen-bond acceptors (Lipinski definition) is 2. The van der Waals surface area contributed by atoms with Gasteiger partial charge in [-0.25, -0.2) is 4.39 Å². The summed E-state index contributed by atoms with van der Waals surface area (Å²) >= 11 is 3.25. The average Bonchev–Trinajstić information content (AvgIpc) is 2.53. The lowest BCUT2D eigenvalue weighted by Gasteiger charge is -2.19. The Kier molecular flexibility index (Phi) is 3.33. The Bertz CT molecular complexity index is 395. The molecule has 1 heterocycles. The minimum absolute atomic E-state index is 0.233. The maximum absolute atomic E-state index is 13.3. The van der Waals surface area contributed by atoms with Gasteiger partial charge in [0.15, 0.2) is 0 Å². The summed E-state index contributed by atoms with van der Waals surface area (Å²) < 4.78 is 13.8. The summed E-state index contributed by atoms with van der Waals surface area (Å²) in [4.78, 5) is 2.14. The molecule has 0 saturated carbocycles. The first kappa shape index (κ1) is 12.0. The number of rotatable bonds is 2. The molecule has 1 unspecified atom stereocenters. The number of hydrogen-bond donors (Lipinski definition) is 1. The molecule has 1 aliphatic rings. The summed E-state index contributed by atoms with van der Waals surface area (Å²) in [5, 5.41) is 9.84. The van der Waals surface area contributed by atoms with Crippen molar-refractivity contribution < 1.29 is 9.50 Å². The highest BCUT2D eigenvalue weighted by Crippen LogP contribution is 2.26. The quantitative estimate of drug-likeness (QED) is 0.904. The van der Waals surface area contributed by atoms with Gasteiger partial charge in [0.05, 0.1) is 10.1 Å². The van der Waals surface area contributed by atoms with Gasteiger partial charge in [-0.3, -0.25) is 4.90 Å². The van der Waals surface area contributed by atoms with E-state index in [2.05, 4.69) is 20.8 Å². The van der Waals surface area contributed by atoms with Crippen LogP contribution in [0.1, 0.15) is 18.9 Å². The first-order valence-corrected chi connectivity index (χ1v) is 6.15. The van der Waals surface area contributed by atoms with E-state index in [-0.39, 0.29) is 5.82 Å². The molecule has 0 radical (unpaired) electrons. The Morgan fingerprint density at radius 3 is 2.94 bits per heavy atom. The fourth-order valence-corrected chi connectivity index (χ4v) is 2.47. The lowest BCUT2D eigenvalue weighted by atomic mass is 10.1. The molecule has 1 N–H and O–H groups in total. The third-order valence-corrected chi connectivity index (χ3v) is 3.84. The van der Waals surface area contributed by atoms with Crippen LogP contribution in [-0.4, -0.2) is 28.7 Å². The van der Waals surface area contributed by atoms with E-state index in [1.165, 1.54) is 6.07 Å². The van der Waals surface area contributed by atoms with Crippen LogP contribution < -0.4 is 0 Å². The monoisotopic (exact) mass is 287 g/mol. The topological polar surface area (TPSA) is 23.5 Å². The molecule has 1 aliphatic heterocycles. The molecule has 1 aromatic carbocycles. The highest BCUT2D eigenvalue weighted by Gasteiger charge is 2.31. The van der Waals surface area contributed by atoms with Crippen LogP contribution in [0.2, 0.25) is 0 Å². The SMILES string of the molecule is CC1(O)CCN(Cc2cccc(F)c2Br)C1. The first-order chi connectivity index (χ1) is 7.48. The Labute approximate surface area is 103 Å². The van der Waals surface area contributed by atoms with Gasteiger partial charge in [-0.05, 0) is 40.9 Å². The molecule has 88 valence electrons. The van der Waals surface area contributed by atoms with Crippen LogP contribution in [0.4, 0.5) is 4.39 Å². The maximum Gasteiger partial charge on any atom is 0.137 e. The number of aliphatic hydroxyl groups is 1. The van der Waals surface area contributed by atoms with Crippen molar-refractivity contribution in [3.63, 3.8) is 0 Å². The summed E-state index contributed by atoms with van der Waals surface area (Å²) in [7, 11) is 0. The molecule has 0 amide bonds. The van der Waals surface area contributed by atoms with Crippen LogP contribution in [0.3, 0.4) is 0 Å². The minimum atomic E-state index is -0.597. The maximum atomic E-state index is 13.3. The number of halogens is 2. The van der Waals surface area contributed by atoms with Gasteiger partial charge in [0, 0.05) is 19.6 Å². The van der Waals surface area contributed by atoms with Crippen molar-refractivity contribution in [3.05, 3.63) is 34.1 Å². The molecule has 16 heavy (non-hydrogen) atoms. The van der Waals surface area contributed by atoms with E-state index in [0.717, 1.165) is 18.5 Å². The highest BCUT2D eigenvalue weighted by atomic mass is 79.9. The smallest absolute Gasteiger partial charge is 0.137 e. The normalized spacial score (nSPS) is 26.2. The van der Waals surface area contributed by atoms with E-state index in [0.29, 0.717) is 17.6 Å². The lowest BCUT2D eigenvalue weighted by molar-refractivity contribution is 0.0678. The number of β-amino-alcohol motifs (C(OH)–C–C–N with tert-alkyl or cyclic N) is 1. The molecule has 2 nitrogen and oxygen atoms in total. The molecule has 0 aliphatic carbocycles. The molecular formula is C12H15BrFNO. The summed E-state index contributed by atoms with van der Waals surface area (Å²) in [5.41, 5.74) is 0.331. The van der Waals surface area contributed by atoms with Crippen molar-refractivity contribution in [2.45, 2.75) is 25.5 Å². The molecule has 1 aromatic rings. The second-order valence-corrected chi connectivity index (χ2v) is 5.46. The molecular weight excluding hydrogens is 273 g/mol. The van der Waals surface area contributed by atoms with Gasteiger partial charge >= 0.3 is 0 Å². The Hall–Kier alpha value is -0.450. The fraction of sp³-hybridized carbons (Fsp3) is 0.500. The van der Waals surface area contributed by atoms with Crippen LogP contribution in [-0.2, 0) is 6.54 Å². The van der Waals surface area contributed by atoms with Crippen molar-refractivity contribution in [2.24, 2.45) is 0 Å². The second-order valence-electron chi connectivity index (χ2n) is 4.67. The predicted molar refractivity (Wildman–Crippen MR) is 64.6 cm³/mol. The van der Waals surface area contributed by atoms with Crippen molar-refractivity contribution >= 4 is 15.9 Å². The standard InChI is InChI=1S/C12H15BrFNO/c1-12(16)5-6-15(8-12)7-9-3-2-4-10(14)11(9)13/h2-4,16H,5-8H2,1H3. The molecule has 0 aromatic heterocycles. The van der Waals surface area contributed by atoms with Crippen molar-refractivity contribution in [1.82, 2.24) is 4.90 Å². The van der Waals surface area contributed by atoms with E-state index >= 15 is 0 Å². The number of nitrogens with zero attached hydrogens (tertiary/aromatic N) is 1. The fourth-order valence-electron chi connectivity index (χ4n) is 2.09. The Morgan fingerprint density at radius 2 is 2.31 bits per heavy atom. The zero-order valence-corrected chi connectivity index (χ0v) is 10.8. The summed E-state index contributed by atoms with van der Waals surface area (Å²) in [6.45, 7) is 4.02. The van der Waals surface area contributed by atoms with Gasteiger partial charge < -0.3 is 5.11 Å². The molecule has 1 fully saturated rings. The Balaban J connectivity index is 2.08. The van der Waals surface area contributed by atoms with E-state index in [1.54, 1.807) is 6.07 Å². The third-order valence-electron chi connectivity index (χ3n) is 2.96. The molecule has 0 bridgehead atoms. The second kappa shape index (κ2) is 4.43. The highest BCUT2D eigenvalue weighted by molar-refractivity contribution is 9.10. The van der Waals surface area contributed by atoms with Crippen LogP contribution in [0, 0.1) is 5.82 Å². The molecule has 2 rings (SSSR count). The van der Waals surface area contributed by atoms with Crippen molar-refractivity contribution in [3.8, 4) is 0 Å². The molecule has 1 atom stereocenters. The number of benzene rings is 1. The molecule has 0 spiro atoms. The summed E-state index contributed by atoms with van der Waals surface area (Å²) in [6, 6.07) is 5.05. The lowest BCUT2D eigenvalue weighted by Crippen LogP contribution is -2.29. The predicted octanol–water partition coefficient (Wildman–Crippen LogP) is 2.54. The van der Waals surface area contributed by atoms with Crippen molar-refractivity contribution in [2.75, 3.05) is 13.1 Å². The van der Waals surface area contributed by atoms with E-state index in [9.17, 15) is 9.50 Å². The summed E-state index contributed by atoms with van der Waals surface area (Å²) in [5.74, 6) is -0.233. The molecule has 1 saturated heterocycles. The van der Waals surface area contributed by atoms with E-state index in [1.807, 2.05) is 13.0 Å². The Morgan fingerprint density at radius 1 is 1.56 bits per heavy atom. The average molecular weight is 288 g/mol. The van der Waals surface area contributed by atoms with Gasteiger partial charge in [-0.1, -0.05) is 12.1 Å².